The Hall–Kier alpha value is -2.89. The number of halogens is 3. The van der Waals surface area contributed by atoms with Crippen LogP contribution in [0.15, 0.2) is 67.0 Å². The van der Waals surface area contributed by atoms with Crippen molar-refractivity contribution in [1.29, 1.82) is 0 Å². The van der Waals surface area contributed by atoms with E-state index in [0.717, 1.165) is 22.9 Å². The molecule has 0 saturated heterocycles. The SMILES string of the molecule is O=C(C[n+]1ccc2ccccc2c1)Nc1cccc(C(F)(F)F)c1. The van der Waals surface area contributed by atoms with Crippen LogP contribution >= 0.6 is 0 Å². The Bertz CT molecular complexity index is 891. The number of rotatable bonds is 3. The van der Waals surface area contributed by atoms with E-state index in [1.807, 2.05) is 36.5 Å². The fourth-order valence-corrected chi connectivity index (χ4v) is 2.42. The molecule has 3 nitrogen and oxygen atoms in total. The maximum absolute atomic E-state index is 12.7. The summed E-state index contributed by atoms with van der Waals surface area (Å²) in [5.41, 5.74) is -0.671. The predicted octanol–water partition coefficient (Wildman–Crippen LogP) is 3.78. The second-order valence-electron chi connectivity index (χ2n) is 5.37. The lowest BCUT2D eigenvalue weighted by Crippen LogP contribution is -2.39. The number of nitrogens with zero attached hydrogens (tertiary/aromatic N) is 1. The van der Waals surface area contributed by atoms with Crippen molar-refractivity contribution in [3.63, 3.8) is 0 Å². The number of nitrogens with one attached hydrogen (secondary N) is 1. The van der Waals surface area contributed by atoms with Crippen LogP contribution in [0.1, 0.15) is 5.56 Å². The summed E-state index contributed by atoms with van der Waals surface area (Å²) in [5.74, 6) is -0.394. The van der Waals surface area contributed by atoms with Crippen molar-refractivity contribution in [3.05, 3.63) is 72.6 Å². The molecule has 6 heteroatoms. The topological polar surface area (TPSA) is 33.0 Å². The molecule has 0 radical (unpaired) electrons. The Balaban J connectivity index is 1.73. The first-order valence-corrected chi connectivity index (χ1v) is 7.27. The minimum Gasteiger partial charge on any atom is -0.321 e. The van der Waals surface area contributed by atoms with Gasteiger partial charge in [-0.2, -0.15) is 17.7 Å². The number of fused-ring (bicyclic) bond motifs is 1. The van der Waals surface area contributed by atoms with Gasteiger partial charge in [0.05, 0.1) is 5.56 Å². The van der Waals surface area contributed by atoms with Gasteiger partial charge in [-0.3, -0.25) is 4.79 Å². The second kappa shape index (κ2) is 6.31. The third-order valence-electron chi connectivity index (χ3n) is 3.55. The fraction of sp³-hybridized carbons (Fsp3) is 0.111. The molecule has 2 aromatic carbocycles. The van der Waals surface area contributed by atoms with E-state index < -0.39 is 17.6 Å². The van der Waals surface area contributed by atoms with E-state index in [1.54, 1.807) is 10.8 Å². The Morgan fingerprint density at radius 3 is 2.50 bits per heavy atom. The van der Waals surface area contributed by atoms with E-state index in [1.165, 1.54) is 12.1 Å². The molecular weight excluding hydrogens is 317 g/mol. The van der Waals surface area contributed by atoms with Crippen LogP contribution in [-0.2, 0) is 17.5 Å². The Morgan fingerprint density at radius 1 is 1.00 bits per heavy atom. The zero-order valence-corrected chi connectivity index (χ0v) is 12.5. The molecule has 1 amide bonds. The molecule has 0 aliphatic rings. The van der Waals surface area contributed by atoms with Gasteiger partial charge in [0.2, 0.25) is 6.54 Å². The van der Waals surface area contributed by atoms with Crippen molar-refractivity contribution in [2.24, 2.45) is 0 Å². The lowest BCUT2D eigenvalue weighted by atomic mass is 10.2. The van der Waals surface area contributed by atoms with Crippen LogP contribution in [0.25, 0.3) is 10.8 Å². The molecule has 0 atom stereocenters. The summed E-state index contributed by atoms with van der Waals surface area (Å²) in [6.07, 6.45) is -0.858. The number of hydrogen-bond acceptors (Lipinski definition) is 1. The predicted molar refractivity (Wildman–Crippen MR) is 84.2 cm³/mol. The first-order chi connectivity index (χ1) is 11.4. The molecule has 0 saturated carbocycles. The minimum atomic E-state index is -4.44. The summed E-state index contributed by atoms with van der Waals surface area (Å²) in [4.78, 5) is 12.1. The van der Waals surface area contributed by atoms with Crippen molar-refractivity contribution in [2.45, 2.75) is 12.7 Å². The molecule has 3 rings (SSSR count). The number of carbonyl (C=O) groups excluding carboxylic acids is 1. The number of hydrogen-bond donors (Lipinski definition) is 1. The van der Waals surface area contributed by atoms with E-state index in [2.05, 4.69) is 5.32 Å². The maximum atomic E-state index is 12.7. The highest BCUT2D eigenvalue weighted by Crippen LogP contribution is 2.30. The number of aromatic nitrogens is 1. The number of benzene rings is 2. The van der Waals surface area contributed by atoms with Crippen LogP contribution in [0.4, 0.5) is 18.9 Å². The first-order valence-electron chi connectivity index (χ1n) is 7.27. The summed E-state index contributed by atoms with van der Waals surface area (Å²) < 4.78 is 39.7. The van der Waals surface area contributed by atoms with E-state index >= 15 is 0 Å². The van der Waals surface area contributed by atoms with E-state index in [9.17, 15) is 18.0 Å². The van der Waals surface area contributed by atoms with Gasteiger partial charge in [0.1, 0.15) is 0 Å². The van der Waals surface area contributed by atoms with Gasteiger partial charge in [0, 0.05) is 17.1 Å². The Labute approximate surface area is 136 Å². The Morgan fingerprint density at radius 2 is 1.75 bits per heavy atom. The summed E-state index contributed by atoms with van der Waals surface area (Å²) in [6.45, 7) is 0.0150. The van der Waals surface area contributed by atoms with Crippen LogP contribution < -0.4 is 9.88 Å². The van der Waals surface area contributed by atoms with Crippen molar-refractivity contribution >= 4 is 22.4 Å². The smallest absolute Gasteiger partial charge is 0.321 e. The maximum Gasteiger partial charge on any atom is 0.416 e. The largest absolute Gasteiger partial charge is 0.416 e. The van der Waals surface area contributed by atoms with Gasteiger partial charge in [-0.05, 0) is 29.7 Å². The van der Waals surface area contributed by atoms with E-state index in [4.69, 9.17) is 0 Å². The molecule has 0 fully saturated rings. The van der Waals surface area contributed by atoms with Crippen molar-refractivity contribution < 1.29 is 22.5 Å². The van der Waals surface area contributed by atoms with Crippen LogP contribution in [-0.4, -0.2) is 5.91 Å². The average Bonchev–Trinajstić information content (AvgIpc) is 2.54. The number of amides is 1. The van der Waals surface area contributed by atoms with Crippen LogP contribution in [0.3, 0.4) is 0 Å². The highest BCUT2D eigenvalue weighted by atomic mass is 19.4. The van der Waals surface area contributed by atoms with Crippen LogP contribution in [0.2, 0.25) is 0 Å². The van der Waals surface area contributed by atoms with Crippen LogP contribution in [0.5, 0.6) is 0 Å². The number of carbonyl (C=O) groups is 1. The van der Waals surface area contributed by atoms with Crippen molar-refractivity contribution in [1.82, 2.24) is 0 Å². The monoisotopic (exact) mass is 331 g/mol. The van der Waals surface area contributed by atoms with Gasteiger partial charge >= 0.3 is 6.18 Å². The summed E-state index contributed by atoms with van der Waals surface area (Å²) >= 11 is 0. The average molecular weight is 331 g/mol. The van der Waals surface area contributed by atoms with Gasteiger partial charge in [-0.1, -0.05) is 24.3 Å². The van der Waals surface area contributed by atoms with E-state index in [-0.39, 0.29) is 12.2 Å². The van der Waals surface area contributed by atoms with Gasteiger partial charge in [0.25, 0.3) is 5.91 Å². The minimum absolute atomic E-state index is 0.0150. The summed E-state index contributed by atoms with van der Waals surface area (Å²) in [6, 6.07) is 14.2. The molecular formula is C18H14F3N2O+. The molecule has 122 valence electrons. The lowest BCUT2D eigenvalue weighted by Gasteiger charge is -2.09. The molecule has 24 heavy (non-hydrogen) atoms. The molecule has 0 bridgehead atoms. The quantitative estimate of drug-likeness (QED) is 0.728. The number of anilines is 1. The number of alkyl halides is 3. The summed E-state index contributed by atoms with van der Waals surface area (Å²) in [7, 11) is 0. The third kappa shape index (κ3) is 3.71. The molecule has 1 aromatic heterocycles. The number of pyridine rings is 1. The third-order valence-corrected chi connectivity index (χ3v) is 3.55. The standard InChI is InChI=1S/C18H13F3N2O/c19-18(20,21)15-6-3-7-16(10-15)22-17(24)12-23-9-8-13-4-1-2-5-14(13)11-23/h1-11H,12H2/p+1. The van der Waals surface area contributed by atoms with Gasteiger partial charge in [0.15, 0.2) is 12.4 Å². The highest BCUT2D eigenvalue weighted by Gasteiger charge is 2.30. The first kappa shape index (κ1) is 16.0. The highest BCUT2D eigenvalue weighted by molar-refractivity contribution is 5.89. The molecule has 0 spiro atoms. The van der Waals surface area contributed by atoms with E-state index in [0.29, 0.717) is 0 Å². The zero-order valence-electron chi connectivity index (χ0n) is 12.5. The van der Waals surface area contributed by atoms with Crippen molar-refractivity contribution in [3.8, 4) is 0 Å². The lowest BCUT2D eigenvalue weighted by molar-refractivity contribution is -0.682. The molecule has 0 aliphatic carbocycles. The molecule has 1 N–H and O–H groups in total. The molecule has 0 aliphatic heterocycles. The molecule has 3 aromatic rings. The van der Waals surface area contributed by atoms with Crippen LogP contribution in [0, 0.1) is 0 Å². The summed E-state index contributed by atoms with van der Waals surface area (Å²) in [5, 5.41) is 4.52. The van der Waals surface area contributed by atoms with Gasteiger partial charge < -0.3 is 5.32 Å². The molecule has 1 heterocycles. The second-order valence-corrected chi connectivity index (χ2v) is 5.37. The van der Waals surface area contributed by atoms with Gasteiger partial charge in [-0.25, -0.2) is 0 Å². The van der Waals surface area contributed by atoms with Crippen molar-refractivity contribution in [2.75, 3.05) is 5.32 Å². The fourth-order valence-electron chi connectivity index (χ4n) is 2.42. The Kier molecular flexibility index (Phi) is 4.20. The molecule has 0 unspecified atom stereocenters. The normalized spacial score (nSPS) is 11.5. The van der Waals surface area contributed by atoms with Gasteiger partial charge in [-0.15, -0.1) is 0 Å². The zero-order chi connectivity index (χ0) is 17.2.